The average molecular weight is 260 g/mol. The van der Waals surface area contributed by atoms with Gasteiger partial charge in [-0.15, -0.1) is 0 Å². The molecule has 0 aliphatic carbocycles. The molecular formula is C4H4Br2O3. The Morgan fingerprint density at radius 3 is 1.78 bits per heavy atom. The minimum Gasteiger partial charge on any atom is -0.483 e. The van der Waals surface area contributed by atoms with Crippen LogP contribution >= 0.6 is 31.9 Å². The third kappa shape index (κ3) is 18.1. The summed E-state index contributed by atoms with van der Waals surface area (Å²) < 4.78 is 0.516. The number of aldehydes is 1. The molecule has 0 aliphatic rings. The Balaban J connectivity index is 0. The van der Waals surface area contributed by atoms with Gasteiger partial charge in [0.25, 0.3) is 6.47 Å². The Morgan fingerprint density at radius 2 is 1.78 bits per heavy atom. The van der Waals surface area contributed by atoms with Crippen molar-refractivity contribution in [1.82, 2.24) is 0 Å². The fraction of sp³-hybridized carbons (Fsp3) is 0. The van der Waals surface area contributed by atoms with E-state index in [0.717, 1.165) is 0 Å². The lowest BCUT2D eigenvalue weighted by Gasteiger charge is -1.69. The molecule has 0 aromatic carbocycles. The first-order valence-corrected chi connectivity index (χ1v) is 3.42. The molecule has 0 radical (unpaired) electrons. The van der Waals surface area contributed by atoms with Crippen molar-refractivity contribution in [2.45, 2.75) is 0 Å². The second-order valence-corrected chi connectivity index (χ2v) is 2.09. The van der Waals surface area contributed by atoms with Gasteiger partial charge in [-0.3, -0.25) is 9.59 Å². The first-order valence-electron chi connectivity index (χ1n) is 1.71. The van der Waals surface area contributed by atoms with Gasteiger partial charge in [0.15, 0.2) is 6.29 Å². The van der Waals surface area contributed by atoms with E-state index in [-0.39, 0.29) is 6.47 Å². The molecule has 0 bridgehead atoms. The number of halogens is 2. The van der Waals surface area contributed by atoms with E-state index in [1.165, 1.54) is 4.99 Å². The molecule has 0 spiro atoms. The zero-order chi connectivity index (χ0) is 7.70. The molecule has 0 unspecified atom stereocenters. The molecule has 1 N–H and O–H groups in total. The van der Waals surface area contributed by atoms with Crippen molar-refractivity contribution in [3.05, 3.63) is 9.47 Å². The Morgan fingerprint density at radius 1 is 1.44 bits per heavy atom. The summed E-state index contributed by atoms with van der Waals surface area (Å²) in [6.07, 6.45) is 0.703. The predicted octanol–water partition coefficient (Wildman–Crippen LogP) is 1.52. The molecule has 52 valence electrons. The molecule has 0 amide bonds. The van der Waals surface area contributed by atoms with Crippen LogP contribution in [0.25, 0.3) is 0 Å². The monoisotopic (exact) mass is 258 g/mol. The lowest BCUT2D eigenvalue weighted by Crippen LogP contribution is -1.62. The smallest absolute Gasteiger partial charge is 0.290 e. The van der Waals surface area contributed by atoms with Crippen LogP contribution in [0.2, 0.25) is 0 Å². The Kier molecular flexibility index (Phi) is 13.9. The Hall–Kier alpha value is -0.160. The van der Waals surface area contributed by atoms with Crippen LogP contribution in [0, 0.1) is 0 Å². The molecule has 0 aliphatic heterocycles. The van der Waals surface area contributed by atoms with Gasteiger partial charge in [0.1, 0.15) is 0 Å². The first kappa shape index (κ1) is 11.6. The van der Waals surface area contributed by atoms with Gasteiger partial charge in [-0.25, -0.2) is 0 Å². The number of hydrogen-bond acceptors (Lipinski definition) is 2. The quantitative estimate of drug-likeness (QED) is 0.574. The average Bonchev–Trinajstić information content (AvgIpc) is 1.88. The highest BCUT2D eigenvalue weighted by Crippen LogP contribution is 2.01. The summed E-state index contributed by atoms with van der Waals surface area (Å²) >= 11 is 5.86. The molecule has 0 atom stereocenters. The maximum absolute atomic E-state index is 9.59. The van der Waals surface area contributed by atoms with E-state index in [1.807, 2.05) is 0 Å². The number of rotatable bonds is 1. The van der Waals surface area contributed by atoms with Crippen molar-refractivity contribution < 1.29 is 14.7 Å². The highest BCUT2D eigenvalue weighted by Gasteiger charge is 1.76. The molecule has 0 saturated heterocycles. The third-order valence-electron chi connectivity index (χ3n) is 0.217. The number of carboxylic acid groups (broad SMARTS) is 1. The van der Waals surface area contributed by atoms with Gasteiger partial charge in [-0.1, -0.05) is 15.9 Å². The highest BCUT2D eigenvalue weighted by atomic mass is 79.9. The molecule has 5 heteroatoms. The van der Waals surface area contributed by atoms with Gasteiger partial charge in [0.2, 0.25) is 0 Å². The minimum atomic E-state index is -0.250. The van der Waals surface area contributed by atoms with E-state index in [2.05, 4.69) is 31.9 Å². The fourth-order valence-corrected chi connectivity index (χ4v) is 0.134. The molecule has 3 nitrogen and oxygen atoms in total. The van der Waals surface area contributed by atoms with Crippen LogP contribution in [0.4, 0.5) is 0 Å². The fourth-order valence-electron chi connectivity index (χ4n) is 0.0257. The standard InChI is InChI=1S/C3H2Br2O.CH2O2/c4-1-3(5)2-6;2-1-3/h1-2H;1H,(H,2,3)/b3-1-;. The lowest BCUT2D eigenvalue weighted by molar-refractivity contribution is -0.122. The van der Waals surface area contributed by atoms with Crippen molar-refractivity contribution >= 4 is 44.6 Å². The molecule has 0 aromatic heterocycles. The number of hydrogen-bond donors (Lipinski definition) is 1. The normalized spacial score (nSPS) is 8.89. The molecule has 0 heterocycles. The van der Waals surface area contributed by atoms with Gasteiger partial charge >= 0.3 is 0 Å². The van der Waals surface area contributed by atoms with Crippen LogP contribution < -0.4 is 0 Å². The first-order chi connectivity index (χ1) is 4.22. The number of carbonyl (C=O) groups excluding carboxylic acids is 1. The second-order valence-electron chi connectivity index (χ2n) is 0.717. The highest BCUT2D eigenvalue weighted by molar-refractivity contribution is 9.14. The minimum absolute atomic E-state index is 0.250. The lowest BCUT2D eigenvalue weighted by atomic mass is 10.7. The summed E-state index contributed by atoms with van der Waals surface area (Å²) in [6.45, 7) is -0.250. The molecule has 9 heavy (non-hydrogen) atoms. The summed E-state index contributed by atoms with van der Waals surface area (Å²) in [7, 11) is 0. The van der Waals surface area contributed by atoms with Crippen LogP contribution in [0.1, 0.15) is 0 Å². The Bertz CT molecular complexity index is 110. The maximum Gasteiger partial charge on any atom is 0.290 e. The topological polar surface area (TPSA) is 54.4 Å². The van der Waals surface area contributed by atoms with Gasteiger partial charge in [-0.05, 0) is 20.9 Å². The van der Waals surface area contributed by atoms with Crippen LogP contribution in [-0.4, -0.2) is 17.9 Å². The third-order valence-corrected chi connectivity index (χ3v) is 1.74. The summed E-state index contributed by atoms with van der Waals surface area (Å²) in [6, 6.07) is 0. The van der Waals surface area contributed by atoms with Crippen molar-refractivity contribution in [2.24, 2.45) is 0 Å². The van der Waals surface area contributed by atoms with E-state index >= 15 is 0 Å². The second kappa shape index (κ2) is 10.8. The van der Waals surface area contributed by atoms with Crippen LogP contribution in [0.15, 0.2) is 9.47 Å². The number of allylic oxidation sites excluding steroid dienone is 1. The van der Waals surface area contributed by atoms with Crippen molar-refractivity contribution in [1.29, 1.82) is 0 Å². The maximum atomic E-state index is 9.59. The van der Waals surface area contributed by atoms with E-state index in [0.29, 0.717) is 10.8 Å². The summed E-state index contributed by atoms with van der Waals surface area (Å²) in [5.41, 5.74) is 0. The summed E-state index contributed by atoms with van der Waals surface area (Å²) in [4.78, 5) is 19.5. The van der Waals surface area contributed by atoms with Crippen LogP contribution in [0.5, 0.6) is 0 Å². The van der Waals surface area contributed by atoms with Gasteiger partial charge < -0.3 is 5.11 Å². The van der Waals surface area contributed by atoms with E-state index in [4.69, 9.17) is 9.90 Å². The van der Waals surface area contributed by atoms with E-state index in [1.54, 1.807) is 0 Å². The molecule has 0 saturated carbocycles. The van der Waals surface area contributed by atoms with Gasteiger partial charge in [0, 0.05) is 0 Å². The van der Waals surface area contributed by atoms with Gasteiger partial charge in [0.05, 0.1) is 4.48 Å². The van der Waals surface area contributed by atoms with E-state index < -0.39 is 0 Å². The summed E-state index contributed by atoms with van der Waals surface area (Å²) in [5, 5.41) is 6.89. The largest absolute Gasteiger partial charge is 0.483 e. The molecule has 0 aromatic rings. The Labute approximate surface area is 69.0 Å². The molecular weight excluding hydrogens is 256 g/mol. The van der Waals surface area contributed by atoms with Gasteiger partial charge in [-0.2, -0.15) is 0 Å². The molecule has 0 fully saturated rings. The number of carbonyl (C=O) groups is 2. The molecule has 0 rings (SSSR count). The summed E-state index contributed by atoms with van der Waals surface area (Å²) in [5.74, 6) is 0. The van der Waals surface area contributed by atoms with Crippen molar-refractivity contribution in [3.63, 3.8) is 0 Å². The zero-order valence-electron chi connectivity index (χ0n) is 4.25. The van der Waals surface area contributed by atoms with Crippen LogP contribution in [0.3, 0.4) is 0 Å². The van der Waals surface area contributed by atoms with Crippen LogP contribution in [-0.2, 0) is 9.59 Å². The predicted molar refractivity (Wildman–Crippen MR) is 40.7 cm³/mol. The zero-order valence-corrected chi connectivity index (χ0v) is 7.42. The van der Waals surface area contributed by atoms with Crippen molar-refractivity contribution in [3.8, 4) is 0 Å². The SMILES string of the molecule is O=C/C(Br)=C/Br.O=CO. The van der Waals surface area contributed by atoms with Crippen molar-refractivity contribution in [2.75, 3.05) is 0 Å². The van der Waals surface area contributed by atoms with E-state index in [9.17, 15) is 4.79 Å².